The second-order valence-electron chi connectivity index (χ2n) is 7.39. The number of hydrogen-bond donors (Lipinski definition) is 0. The number of methoxy groups -OCH3 is 1. The number of carbonyl (C=O) groups is 2. The Kier molecular flexibility index (Phi) is 4.88. The van der Waals surface area contributed by atoms with E-state index in [1.165, 1.54) is 0 Å². The number of ether oxygens (including phenoxy) is 1. The summed E-state index contributed by atoms with van der Waals surface area (Å²) in [6, 6.07) is 23.2. The van der Waals surface area contributed by atoms with Crippen molar-refractivity contribution in [3.63, 3.8) is 0 Å². The zero-order valence-corrected chi connectivity index (χ0v) is 17.4. The number of nitrogens with zero attached hydrogens (tertiary/aromatic N) is 2. The fraction of sp³-hybridized carbons (Fsp3) is 0.167. The van der Waals surface area contributed by atoms with Crippen LogP contribution in [-0.2, 0) is 14.4 Å². The lowest BCUT2D eigenvalue weighted by Gasteiger charge is -2.29. The van der Waals surface area contributed by atoms with Crippen LogP contribution < -0.4 is 14.7 Å². The topological polar surface area (TPSA) is 59.1 Å². The first-order valence-electron chi connectivity index (χ1n) is 9.87. The van der Waals surface area contributed by atoms with Crippen LogP contribution in [0.15, 0.2) is 78.9 Å². The molecule has 0 unspecified atom stereocenters. The number of fused-ring (bicyclic) bond motifs is 1. The smallest absolute Gasteiger partial charge is 0.266 e. The molecule has 6 nitrogen and oxygen atoms in total. The number of imide groups is 1. The molecule has 2 saturated heterocycles. The van der Waals surface area contributed by atoms with Gasteiger partial charge in [-0.2, -0.15) is 0 Å². The van der Waals surface area contributed by atoms with Crippen LogP contribution in [-0.4, -0.2) is 25.0 Å². The number of amides is 2. The van der Waals surface area contributed by atoms with Crippen molar-refractivity contribution in [3.05, 3.63) is 89.4 Å². The Morgan fingerprint density at radius 2 is 1.55 bits per heavy atom. The van der Waals surface area contributed by atoms with Gasteiger partial charge in [-0.3, -0.25) is 14.4 Å². The van der Waals surface area contributed by atoms with Crippen LogP contribution in [0.25, 0.3) is 0 Å². The molecule has 3 aromatic rings. The normalized spacial score (nSPS) is 22.7. The Labute approximate surface area is 184 Å². The van der Waals surface area contributed by atoms with Crippen molar-refractivity contribution >= 4 is 34.8 Å². The lowest BCUT2D eigenvalue weighted by Crippen LogP contribution is -2.37. The van der Waals surface area contributed by atoms with Crippen molar-refractivity contribution in [2.45, 2.75) is 12.1 Å². The quantitative estimate of drug-likeness (QED) is 0.570. The SMILES string of the molecule is COc1ccc([C@H]2[C@@H]3C(=O)N(c4ccccc4Cl)C(=O)[C@@H]3ON2c2ccccc2)cc1. The summed E-state index contributed by atoms with van der Waals surface area (Å²) in [7, 11) is 1.60. The molecule has 0 spiro atoms. The van der Waals surface area contributed by atoms with Crippen LogP contribution in [0.2, 0.25) is 5.02 Å². The second kappa shape index (κ2) is 7.72. The van der Waals surface area contributed by atoms with E-state index in [4.69, 9.17) is 21.2 Å². The molecule has 31 heavy (non-hydrogen) atoms. The van der Waals surface area contributed by atoms with Crippen LogP contribution in [0, 0.1) is 5.92 Å². The molecule has 0 bridgehead atoms. The maximum atomic E-state index is 13.5. The Morgan fingerprint density at radius 3 is 2.23 bits per heavy atom. The minimum absolute atomic E-state index is 0.331. The number of halogens is 1. The van der Waals surface area contributed by atoms with Gasteiger partial charge in [-0.25, -0.2) is 9.96 Å². The van der Waals surface area contributed by atoms with Gasteiger partial charge in [0.25, 0.3) is 5.91 Å². The number of rotatable bonds is 4. The first-order chi connectivity index (χ1) is 15.1. The molecule has 0 saturated carbocycles. The highest BCUT2D eigenvalue weighted by Crippen LogP contribution is 2.48. The number of carbonyl (C=O) groups excluding carboxylic acids is 2. The van der Waals surface area contributed by atoms with Crippen LogP contribution in [0.1, 0.15) is 11.6 Å². The fourth-order valence-corrected chi connectivity index (χ4v) is 4.44. The highest BCUT2D eigenvalue weighted by Gasteiger charge is 2.60. The molecule has 2 aliphatic heterocycles. The molecule has 2 aliphatic rings. The molecule has 3 atom stereocenters. The third-order valence-corrected chi connectivity index (χ3v) is 6.00. The Morgan fingerprint density at radius 1 is 0.871 bits per heavy atom. The van der Waals surface area contributed by atoms with Gasteiger partial charge in [0, 0.05) is 0 Å². The summed E-state index contributed by atoms with van der Waals surface area (Å²) in [4.78, 5) is 34.1. The summed E-state index contributed by atoms with van der Waals surface area (Å²) in [5.41, 5.74) is 1.99. The highest BCUT2D eigenvalue weighted by molar-refractivity contribution is 6.36. The molecular weight excluding hydrogens is 416 g/mol. The summed E-state index contributed by atoms with van der Waals surface area (Å²) in [5.74, 6) is -0.753. The highest BCUT2D eigenvalue weighted by atomic mass is 35.5. The second-order valence-corrected chi connectivity index (χ2v) is 7.80. The molecule has 3 aromatic carbocycles. The zero-order valence-electron chi connectivity index (χ0n) is 16.6. The maximum absolute atomic E-state index is 13.5. The summed E-state index contributed by atoms with van der Waals surface area (Å²) in [6.45, 7) is 0. The molecule has 2 heterocycles. The van der Waals surface area contributed by atoms with Gasteiger partial charge in [-0.05, 0) is 42.0 Å². The molecule has 0 aliphatic carbocycles. The Balaban J connectivity index is 1.59. The Hall–Kier alpha value is -3.35. The lowest BCUT2D eigenvalue weighted by molar-refractivity contribution is -0.126. The summed E-state index contributed by atoms with van der Waals surface area (Å²) >= 11 is 6.29. The lowest BCUT2D eigenvalue weighted by atomic mass is 9.90. The van der Waals surface area contributed by atoms with E-state index >= 15 is 0 Å². The number of hydroxylamine groups is 1. The Bertz CT molecular complexity index is 1140. The van der Waals surface area contributed by atoms with Crippen molar-refractivity contribution in [1.29, 1.82) is 0 Å². The first kappa shape index (κ1) is 19.6. The molecule has 7 heteroatoms. The van der Waals surface area contributed by atoms with Gasteiger partial charge in [0.1, 0.15) is 11.7 Å². The van der Waals surface area contributed by atoms with Gasteiger partial charge < -0.3 is 4.74 Å². The fourth-order valence-electron chi connectivity index (χ4n) is 4.22. The van der Waals surface area contributed by atoms with E-state index in [0.29, 0.717) is 16.5 Å². The molecule has 2 fully saturated rings. The van der Waals surface area contributed by atoms with E-state index in [1.54, 1.807) is 36.4 Å². The van der Waals surface area contributed by atoms with E-state index in [0.717, 1.165) is 16.2 Å². The molecule has 0 radical (unpaired) electrons. The van der Waals surface area contributed by atoms with Crippen molar-refractivity contribution < 1.29 is 19.2 Å². The van der Waals surface area contributed by atoms with Crippen molar-refractivity contribution in [2.24, 2.45) is 5.92 Å². The first-order valence-corrected chi connectivity index (χ1v) is 10.3. The number of para-hydroxylation sites is 2. The number of hydrogen-bond acceptors (Lipinski definition) is 5. The molecular formula is C24H19ClN2O4. The van der Waals surface area contributed by atoms with Gasteiger partial charge in [-0.1, -0.05) is 54.1 Å². The van der Waals surface area contributed by atoms with Crippen molar-refractivity contribution in [2.75, 3.05) is 17.1 Å². The van der Waals surface area contributed by atoms with Crippen LogP contribution in [0.4, 0.5) is 11.4 Å². The molecule has 5 rings (SSSR count). The van der Waals surface area contributed by atoms with Gasteiger partial charge in [0.05, 0.1) is 29.5 Å². The van der Waals surface area contributed by atoms with E-state index in [-0.39, 0.29) is 5.91 Å². The van der Waals surface area contributed by atoms with E-state index in [9.17, 15) is 9.59 Å². The van der Waals surface area contributed by atoms with Crippen molar-refractivity contribution in [3.8, 4) is 5.75 Å². The van der Waals surface area contributed by atoms with E-state index in [2.05, 4.69) is 0 Å². The van der Waals surface area contributed by atoms with Crippen LogP contribution >= 0.6 is 11.6 Å². The van der Waals surface area contributed by atoms with Crippen molar-refractivity contribution in [1.82, 2.24) is 0 Å². The molecule has 0 aromatic heterocycles. The third kappa shape index (κ3) is 3.15. The van der Waals surface area contributed by atoms with Gasteiger partial charge in [-0.15, -0.1) is 0 Å². The molecule has 0 N–H and O–H groups in total. The summed E-state index contributed by atoms with van der Waals surface area (Å²) in [6.07, 6.45) is -0.934. The minimum Gasteiger partial charge on any atom is -0.497 e. The minimum atomic E-state index is -0.934. The molecule has 2 amide bonds. The van der Waals surface area contributed by atoms with Gasteiger partial charge in [0.15, 0.2) is 6.10 Å². The average molecular weight is 435 g/mol. The van der Waals surface area contributed by atoms with E-state index in [1.807, 2.05) is 54.6 Å². The standard InChI is InChI=1S/C24H19ClN2O4/c1-30-17-13-11-15(12-14-17)21-20-22(31-27(21)16-7-3-2-4-8-16)24(29)26(23(20)28)19-10-6-5-9-18(19)25/h2-14,20-22H,1H3/t20-,21-,22+/m0/s1. The monoisotopic (exact) mass is 434 g/mol. The number of anilines is 2. The zero-order chi connectivity index (χ0) is 21.5. The van der Waals surface area contributed by atoms with Crippen LogP contribution in [0.5, 0.6) is 5.75 Å². The average Bonchev–Trinajstić information content (AvgIpc) is 3.31. The van der Waals surface area contributed by atoms with E-state index < -0.39 is 24.0 Å². The third-order valence-electron chi connectivity index (χ3n) is 5.68. The predicted molar refractivity (Wildman–Crippen MR) is 117 cm³/mol. The largest absolute Gasteiger partial charge is 0.497 e. The van der Waals surface area contributed by atoms with Crippen LogP contribution in [0.3, 0.4) is 0 Å². The van der Waals surface area contributed by atoms with Gasteiger partial charge >= 0.3 is 0 Å². The summed E-state index contributed by atoms with van der Waals surface area (Å²) < 4.78 is 5.27. The number of benzene rings is 3. The summed E-state index contributed by atoms with van der Waals surface area (Å²) in [5, 5.41) is 2.00. The maximum Gasteiger partial charge on any atom is 0.266 e. The van der Waals surface area contributed by atoms with Gasteiger partial charge in [0.2, 0.25) is 5.91 Å². The molecule has 156 valence electrons. The predicted octanol–water partition coefficient (Wildman–Crippen LogP) is 4.40.